The smallest absolute Gasteiger partial charge is 0.221 e. The summed E-state index contributed by atoms with van der Waals surface area (Å²) in [7, 11) is 0. The number of nitrogens with two attached hydrogens (primary N) is 1. The Hall–Kier alpha value is -1.39. The quantitative estimate of drug-likeness (QED) is 0.870. The van der Waals surface area contributed by atoms with Crippen molar-refractivity contribution in [2.24, 2.45) is 5.73 Å². The standard InChI is InChI=1S/C17H26N2O2/c1-13-5-3-4-6-15(13)17(7-9-21-10-8-17)12-19-16(20)11-14(2)18/h3-6,14H,7-12,18H2,1-2H3,(H,19,20). The number of rotatable bonds is 5. The Morgan fingerprint density at radius 3 is 2.67 bits per heavy atom. The summed E-state index contributed by atoms with van der Waals surface area (Å²) in [5, 5.41) is 3.08. The largest absolute Gasteiger partial charge is 0.381 e. The Morgan fingerprint density at radius 1 is 1.38 bits per heavy atom. The molecule has 4 nitrogen and oxygen atoms in total. The van der Waals surface area contributed by atoms with Crippen LogP contribution in [0.4, 0.5) is 0 Å². The van der Waals surface area contributed by atoms with E-state index in [1.165, 1.54) is 11.1 Å². The molecule has 0 aliphatic carbocycles. The summed E-state index contributed by atoms with van der Waals surface area (Å²) in [5.74, 6) is 0.0319. The molecule has 3 N–H and O–H groups in total. The minimum absolute atomic E-state index is 0.0168. The Balaban J connectivity index is 2.14. The summed E-state index contributed by atoms with van der Waals surface area (Å²) in [6.45, 7) is 6.14. The van der Waals surface area contributed by atoms with Crippen LogP contribution in [0.25, 0.3) is 0 Å². The minimum Gasteiger partial charge on any atom is -0.381 e. The lowest BCUT2D eigenvalue weighted by molar-refractivity contribution is -0.121. The van der Waals surface area contributed by atoms with Crippen LogP contribution < -0.4 is 11.1 Å². The predicted octanol–water partition coefficient (Wildman–Crippen LogP) is 1.90. The van der Waals surface area contributed by atoms with Gasteiger partial charge in [-0.3, -0.25) is 4.79 Å². The third-order valence-corrected chi connectivity index (χ3v) is 4.30. The van der Waals surface area contributed by atoms with Gasteiger partial charge in [0.15, 0.2) is 0 Å². The van der Waals surface area contributed by atoms with Gasteiger partial charge in [-0.15, -0.1) is 0 Å². The number of amides is 1. The van der Waals surface area contributed by atoms with Crippen LogP contribution in [0, 0.1) is 6.92 Å². The molecule has 0 aromatic heterocycles. The van der Waals surface area contributed by atoms with E-state index in [9.17, 15) is 4.79 Å². The van der Waals surface area contributed by atoms with Crippen LogP contribution in [0.5, 0.6) is 0 Å². The van der Waals surface area contributed by atoms with Crippen molar-refractivity contribution < 1.29 is 9.53 Å². The number of hydrogen-bond donors (Lipinski definition) is 2. The normalized spacial score (nSPS) is 19.0. The van der Waals surface area contributed by atoms with E-state index in [1.54, 1.807) is 0 Å². The Bertz CT molecular complexity index is 479. The number of hydrogen-bond acceptors (Lipinski definition) is 3. The molecule has 1 amide bonds. The van der Waals surface area contributed by atoms with E-state index in [2.05, 4.69) is 36.5 Å². The van der Waals surface area contributed by atoms with Gasteiger partial charge in [0.1, 0.15) is 0 Å². The van der Waals surface area contributed by atoms with E-state index in [4.69, 9.17) is 10.5 Å². The number of ether oxygens (including phenoxy) is 1. The Morgan fingerprint density at radius 2 is 2.05 bits per heavy atom. The third-order valence-electron chi connectivity index (χ3n) is 4.30. The van der Waals surface area contributed by atoms with Gasteiger partial charge in [-0.2, -0.15) is 0 Å². The molecule has 116 valence electrons. The monoisotopic (exact) mass is 290 g/mol. The first-order valence-electron chi connectivity index (χ1n) is 7.70. The van der Waals surface area contributed by atoms with Crippen LogP contribution in [0.15, 0.2) is 24.3 Å². The molecule has 0 spiro atoms. The second-order valence-electron chi connectivity index (χ2n) is 6.17. The molecule has 1 aromatic rings. The van der Waals surface area contributed by atoms with Gasteiger partial charge in [0.05, 0.1) is 0 Å². The molecule has 1 aliphatic heterocycles. The second-order valence-corrected chi connectivity index (χ2v) is 6.17. The topological polar surface area (TPSA) is 64.4 Å². The second kappa shape index (κ2) is 7.05. The van der Waals surface area contributed by atoms with Crippen molar-refractivity contribution in [2.45, 2.75) is 44.6 Å². The van der Waals surface area contributed by atoms with Crippen molar-refractivity contribution in [3.05, 3.63) is 35.4 Å². The van der Waals surface area contributed by atoms with Gasteiger partial charge in [0.2, 0.25) is 5.91 Å². The lowest BCUT2D eigenvalue weighted by Gasteiger charge is -2.39. The van der Waals surface area contributed by atoms with Gasteiger partial charge in [-0.1, -0.05) is 24.3 Å². The van der Waals surface area contributed by atoms with Gasteiger partial charge in [0.25, 0.3) is 0 Å². The maximum atomic E-state index is 11.9. The maximum absolute atomic E-state index is 11.9. The molecule has 1 atom stereocenters. The molecule has 4 heteroatoms. The Labute approximate surface area is 127 Å². The number of carbonyl (C=O) groups is 1. The molecule has 2 rings (SSSR count). The van der Waals surface area contributed by atoms with E-state index in [-0.39, 0.29) is 17.4 Å². The van der Waals surface area contributed by atoms with Gasteiger partial charge in [-0.05, 0) is 37.8 Å². The zero-order valence-electron chi connectivity index (χ0n) is 13.0. The van der Waals surface area contributed by atoms with E-state index in [0.717, 1.165) is 26.1 Å². The molecule has 0 bridgehead atoms. The fraction of sp³-hybridized carbons (Fsp3) is 0.588. The minimum atomic E-state index is -0.103. The highest BCUT2D eigenvalue weighted by Crippen LogP contribution is 2.36. The van der Waals surface area contributed by atoms with E-state index < -0.39 is 0 Å². The van der Waals surface area contributed by atoms with Crippen LogP contribution in [0.1, 0.15) is 37.3 Å². The van der Waals surface area contributed by atoms with E-state index in [1.807, 2.05) is 6.92 Å². The predicted molar refractivity (Wildman–Crippen MR) is 84.2 cm³/mol. The fourth-order valence-corrected chi connectivity index (χ4v) is 3.10. The van der Waals surface area contributed by atoms with Gasteiger partial charge >= 0.3 is 0 Å². The lowest BCUT2D eigenvalue weighted by atomic mass is 9.72. The summed E-state index contributed by atoms with van der Waals surface area (Å²) in [4.78, 5) is 11.9. The first kappa shape index (κ1) is 16.0. The molecule has 1 unspecified atom stereocenters. The van der Waals surface area contributed by atoms with Crippen molar-refractivity contribution in [1.82, 2.24) is 5.32 Å². The number of aryl methyl sites for hydroxylation is 1. The highest BCUT2D eigenvalue weighted by molar-refractivity contribution is 5.76. The average Bonchev–Trinajstić information content (AvgIpc) is 2.46. The third kappa shape index (κ3) is 4.05. The molecule has 1 saturated heterocycles. The molecule has 1 aliphatic rings. The first-order chi connectivity index (χ1) is 10.0. The zero-order valence-corrected chi connectivity index (χ0v) is 13.0. The molecule has 0 radical (unpaired) electrons. The lowest BCUT2D eigenvalue weighted by Crippen LogP contribution is -2.45. The van der Waals surface area contributed by atoms with Gasteiger partial charge < -0.3 is 15.8 Å². The molecular formula is C17H26N2O2. The molecule has 21 heavy (non-hydrogen) atoms. The summed E-state index contributed by atoms with van der Waals surface area (Å²) in [5.41, 5.74) is 8.28. The molecule has 1 fully saturated rings. The highest BCUT2D eigenvalue weighted by atomic mass is 16.5. The van der Waals surface area contributed by atoms with Crippen LogP contribution in [0.3, 0.4) is 0 Å². The maximum Gasteiger partial charge on any atom is 0.221 e. The number of benzene rings is 1. The average molecular weight is 290 g/mol. The molecular weight excluding hydrogens is 264 g/mol. The summed E-state index contributed by atoms with van der Waals surface area (Å²) in [6, 6.07) is 8.34. The summed E-state index contributed by atoms with van der Waals surface area (Å²) >= 11 is 0. The first-order valence-corrected chi connectivity index (χ1v) is 7.70. The van der Waals surface area contributed by atoms with Crippen LogP contribution in [-0.2, 0) is 14.9 Å². The highest BCUT2D eigenvalue weighted by Gasteiger charge is 2.35. The number of carbonyl (C=O) groups excluding carboxylic acids is 1. The summed E-state index contributed by atoms with van der Waals surface area (Å²) < 4.78 is 5.52. The van der Waals surface area contributed by atoms with Crippen LogP contribution in [0.2, 0.25) is 0 Å². The molecule has 0 saturated carbocycles. The van der Waals surface area contributed by atoms with E-state index in [0.29, 0.717) is 13.0 Å². The molecule has 1 aromatic carbocycles. The van der Waals surface area contributed by atoms with Crippen molar-refractivity contribution in [2.75, 3.05) is 19.8 Å². The van der Waals surface area contributed by atoms with Crippen molar-refractivity contribution in [1.29, 1.82) is 0 Å². The fourth-order valence-electron chi connectivity index (χ4n) is 3.10. The number of nitrogens with one attached hydrogen (secondary N) is 1. The van der Waals surface area contributed by atoms with Gasteiger partial charge in [-0.25, -0.2) is 0 Å². The van der Waals surface area contributed by atoms with E-state index >= 15 is 0 Å². The summed E-state index contributed by atoms with van der Waals surface area (Å²) in [6.07, 6.45) is 2.26. The zero-order chi connectivity index (χ0) is 15.3. The van der Waals surface area contributed by atoms with Gasteiger partial charge in [0, 0.05) is 37.6 Å². The molecule has 1 heterocycles. The van der Waals surface area contributed by atoms with Crippen molar-refractivity contribution in [3.8, 4) is 0 Å². The SMILES string of the molecule is Cc1ccccc1C1(CNC(=O)CC(C)N)CCOCC1. The van der Waals surface area contributed by atoms with Crippen LogP contribution >= 0.6 is 0 Å². The van der Waals surface area contributed by atoms with Crippen LogP contribution in [-0.4, -0.2) is 31.7 Å². The Kier molecular flexibility index (Phi) is 5.37. The van der Waals surface area contributed by atoms with Crippen molar-refractivity contribution in [3.63, 3.8) is 0 Å². The van der Waals surface area contributed by atoms with Crippen molar-refractivity contribution >= 4 is 5.91 Å².